The first-order valence-electron chi connectivity index (χ1n) is 5.67. The molecule has 0 bridgehead atoms. The first-order chi connectivity index (χ1) is 7.71. The van der Waals surface area contributed by atoms with Crippen LogP contribution in [0.25, 0.3) is 0 Å². The Morgan fingerprint density at radius 3 is 2.12 bits per heavy atom. The van der Waals surface area contributed by atoms with Crippen molar-refractivity contribution >= 4 is 17.4 Å². The molecule has 0 saturated heterocycles. The first kappa shape index (κ1) is 14.6. The Kier molecular flexibility index (Phi) is 4.70. The van der Waals surface area contributed by atoms with E-state index in [1.807, 2.05) is 6.92 Å². The van der Waals surface area contributed by atoms with Gasteiger partial charge in [-0.1, -0.05) is 0 Å². The summed E-state index contributed by atoms with van der Waals surface area (Å²) in [5, 5.41) is 0. The third kappa shape index (κ3) is 5.15. The molecule has 17 heavy (non-hydrogen) atoms. The average Bonchev–Trinajstić information content (AvgIpc) is 2.15. The summed E-state index contributed by atoms with van der Waals surface area (Å²) in [4.78, 5) is 0.235. The van der Waals surface area contributed by atoms with Gasteiger partial charge in [-0.2, -0.15) is 0 Å². The summed E-state index contributed by atoms with van der Waals surface area (Å²) >= 11 is 0. The topological polar surface area (TPSA) is 43.4 Å². The van der Waals surface area contributed by atoms with E-state index < -0.39 is 17.4 Å². The van der Waals surface area contributed by atoms with Gasteiger partial charge in [0.05, 0.1) is 0 Å². The van der Waals surface area contributed by atoms with E-state index in [2.05, 4.69) is 20.0 Å². The molecule has 1 aromatic rings. The Morgan fingerprint density at radius 1 is 1.12 bits per heavy atom. The second-order valence-corrected chi connectivity index (χ2v) is 12.6. The fraction of sp³-hybridized carbons (Fsp3) is 0.500. The molecule has 0 spiro atoms. The van der Waals surface area contributed by atoms with Crippen LogP contribution in [0.1, 0.15) is 5.56 Å². The molecule has 0 aromatic heterocycles. The zero-order valence-corrected chi connectivity index (χ0v) is 12.7. The van der Waals surface area contributed by atoms with Gasteiger partial charge in [-0.05, 0) is 0 Å². The molecule has 0 N–H and O–H groups in total. The Labute approximate surface area is 105 Å². The van der Waals surface area contributed by atoms with Crippen LogP contribution in [-0.4, -0.2) is 41.2 Å². The molecule has 0 aliphatic carbocycles. The van der Waals surface area contributed by atoms with Crippen LogP contribution in [0.5, 0.6) is 0 Å². The van der Waals surface area contributed by atoms with Crippen LogP contribution in [0.4, 0.5) is 0 Å². The van der Waals surface area contributed by atoms with Gasteiger partial charge in [0.1, 0.15) is 0 Å². The molecule has 1 rings (SSSR count). The maximum atomic E-state index is 11.8. The van der Waals surface area contributed by atoms with Crippen LogP contribution in [-0.2, 0) is 14.3 Å². The van der Waals surface area contributed by atoms with Crippen molar-refractivity contribution in [2.24, 2.45) is 0 Å². The molecular weight excluding hydrogens is 255 g/mol. The summed E-state index contributed by atoms with van der Waals surface area (Å²) in [5.41, 5.74) is 1.03. The first-order valence-corrected chi connectivity index (χ1v) is 10.8. The summed E-state index contributed by atoms with van der Waals surface area (Å²) in [7, 11) is -4.83. The molecule has 0 saturated carbocycles. The fourth-order valence-corrected chi connectivity index (χ4v) is 3.00. The van der Waals surface area contributed by atoms with Crippen LogP contribution in [0, 0.1) is 6.92 Å². The van der Waals surface area contributed by atoms with E-state index in [4.69, 9.17) is 4.18 Å². The van der Waals surface area contributed by atoms with Gasteiger partial charge in [0.15, 0.2) is 0 Å². The SMILES string of the molecule is Cc1ccc(S(=O)(=O)OCC[PH](C)(C)C)cc1. The minimum atomic E-state index is -3.58. The van der Waals surface area contributed by atoms with E-state index in [9.17, 15) is 8.42 Å². The molecule has 5 heteroatoms. The fourth-order valence-electron chi connectivity index (χ4n) is 1.23. The van der Waals surface area contributed by atoms with Crippen molar-refractivity contribution in [3.05, 3.63) is 29.8 Å². The van der Waals surface area contributed by atoms with E-state index in [1.54, 1.807) is 24.3 Å². The molecule has 0 atom stereocenters. The summed E-state index contributed by atoms with van der Waals surface area (Å²) in [5.74, 6) is 0. The standard InChI is InChI=1S/C12H21O3PS/c1-11-5-7-12(8-6-11)17(13,14)15-9-10-16(2,3)4/h5-8,16H,9-10H2,1-4H3. The number of rotatable bonds is 5. The van der Waals surface area contributed by atoms with Crippen LogP contribution in [0.2, 0.25) is 0 Å². The van der Waals surface area contributed by atoms with Crippen LogP contribution < -0.4 is 0 Å². The molecule has 0 aliphatic rings. The normalized spacial score (nSPS) is 13.6. The predicted octanol–water partition coefficient (Wildman–Crippen LogP) is 2.34. The number of hydrogen-bond donors (Lipinski definition) is 0. The summed E-state index contributed by atoms with van der Waals surface area (Å²) in [6, 6.07) is 6.71. The third-order valence-corrected chi connectivity index (χ3v) is 5.43. The molecule has 98 valence electrons. The molecule has 0 unspecified atom stereocenters. The van der Waals surface area contributed by atoms with Crippen LogP contribution in [0.3, 0.4) is 0 Å². The number of benzene rings is 1. The predicted molar refractivity (Wildman–Crippen MR) is 75.3 cm³/mol. The maximum absolute atomic E-state index is 11.8. The van der Waals surface area contributed by atoms with E-state index >= 15 is 0 Å². The zero-order valence-electron chi connectivity index (χ0n) is 10.9. The molecule has 0 aliphatic heterocycles. The molecule has 0 amide bonds. The second-order valence-electron chi connectivity index (χ2n) is 5.40. The van der Waals surface area contributed by atoms with Crippen molar-refractivity contribution in [3.8, 4) is 0 Å². The van der Waals surface area contributed by atoms with Crippen molar-refractivity contribution in [1.82, 2.24) is 0 Å². The van der Waals surface area contributed by atoms with Gasteiger partial charge in [0, 0.05) is 0 Å². The summed E-state index contributed by atoms with van der Waals surface area (Å²) in [6.07, 6.45) is 0.845. The van der Waals surface area contributed by atoms with Crippen LogP contribution >= 0.6 is 7.26 Å². The van der Waals surface area contributed by atoms with Crippen molar-refractivity contribution in [2.45, 2.75) is 11.8 Å². The van der Waals surface area contributed by atoms with Crippen LogP contribution in [0.15, 0.2) is 29.2 Å². The average molecular weight is 276 g/mol. The number of hydrogen-bond acceptors (Lipinski definition) is 3. The van der Waals surface area contributed by atoms with E-state index in [0.29, 0.717) is 0 Å². The van der Waals surface area contributed by atoms with Gasteiger partial charge < -0.3 is 0 Å². The zero-order chi connectivity index (χ0) is 13.1. The van der Waals surface area contributed by atoms with Crippen molar-refractivity contribution in [2.75, 3.05) is 32.8 Å². The molecular formula is C12H21O3PS. The van der Waals surface area contributed by atoms with Gasteiger partial charge in [-0.3, -0.25) is 0 Å². The molecule has 3 nitrogen and oxygen atoms in total. The molecule has 0 fully saturated rings. The monoisotopic (exact) mass is 276 g/mol. The summed E-state index contributed by atoms with van der Waals surface area (Å²) in [6.45, 7) is 8.77. The van der Waals surface area contributed by atoms with E-state index in [0.717, 1.165) is 11.7 Å². The third-order valence-electron chi connectivity index (χ3n) is 2.40. The Balaban J connectivity index is 2.66. The van der Waals surface area contributed by atoms with Gasteiger partial charge in [-0.15, -0.1) is 0 Å². The summed E-state index contributed by atoms with van der Waals surface area (Å²) < 4.78 is 28.7. The quantitative estimate of drug-likeness (QED) is 0.612. The van der Waals surface area contributed by atoms with E-state index in [-0.39, 0.29) is 11.5 Å². The molecule has 0 radical (unpaired) electrons. The van der Waals surface area contributed by atoms with E-state index in [1.165, 1.54) is 0 Å². The van der Waals surface area contributed by atoms with Crippen molar-refractivity contribution in [1.29, 1.82) is 0 Å². The van der Waals surface area contributed by atoms with Gasteiger partial charge in [0.25, 0.3) is 0 Å². The number of aryl methyl sites for hydroxylation is 1. The molecule has 1 aromatic carbocycles. The van der Waals surface area contributed by atoms with Gasteiger partial charge in [-0.25, -0.2) is 0 Å². The van der Waals surface area contributed by atoms with Gasteiger partial charge in [0.2, 0.25) is 0 Å². The minimum absolute atomic E-state index is 0.235. The Morgan fingerprint density at radius 2 is 1.65 bits per heavy atom. The second kappa shape index (κ2) is 5.47. The van der Waals surface area contributed by atoms with Crippen molar-refractivity contribution < 1.29 is 12.6 Å². The molecule has 0 heterocycles. The Hall–Kier alpha value is -0.440. The van der Waals surface area contributed by atoms with Gasteiger partial charge >= 0.3 is 104 Å². The Bertz CT molecular complexity index is 458. The van der Waals surface area contributed by atoms with Crippen molar-refractivity contribution in [3.63, 3.8) is 0 Å².